The Morgan fingerprint density at radius 2 is 2.08 bits per heavy atom. The highest BCUT2D eigenvalue weighted by molar-refractivity contribution is 9.10. The van der Waals surface area contributed by atoms with E-state index < -0.39 is 0 Å². The molecule has 0 unspecified atom stereocenters. The van der Waals surface area contributed by atoms with Gasteiger partial charge in [0, 0.05) is 11.6 Å². The standard InChI is InChI=1S/C17H14BrN3O3/c18-14-8-7-13(23-14)17(22)19-12-4-2-1-3-11(12)9-15-20-16(21-24-15)10-5-6-10/h1-4,7-8,10H,5-6,9H2,(H,19,22). The highest BCUT2D eigenvalue weighted by Gasteiger charge is 2.28. The van der Waals surface area contributed by atoms with Crippen molar-refractivity contribution in [3.05, 3.63) is 64.1 Å². The Bertz CT molecular complexity index is 883. The van der Waals surface area contributed by atoms with Crippen LogP contribution < -0.4 is 5.32 Å². The van der Waals surface area contributed by atoms with Crippen molar-refractivity contribution in [2.45, 2.75) is 25.2 Å². The molecule has 2 heterocycles. The lowest BCUT2D eigenvalue weighted by Crippen LogP contribution is -2.12. The van der Waals surface area contributed by atoms with Gasteiger partial charge in [0.1, 0.15) is 0 Å². The number of furan rings is 1. The van der Waals surface area contributed by atoms with Gasteiger partial charge in [0.15, 0.2) is 16.3 Å². The SMILES string of the molecule is O=C(Nc1ccccc1Cc1nc(C2CC2)no1)c1ccc(Br)o1. The molecule has 24 heavy (non-hydrogen) atoms. The third-order valence-electron chi connectivity index (χ3n) is 3.83. The maximum absolute atomic E-state index is 12.3. The van der Waals surface area contributed by atoms with Gasteiger partial charge < -0.3 is 14.3 Å². The van der Waals surface area contributed by atoms with Crippen LogP contribution in [-0.2, 0) is 6.42 Å². The van der Waals surface area contributed by atoms with Gasteiger partial charge in [-0.1, -0.05) is 23.4 Å². The molecule has 1 fully saturated rings. The van der Waals surface area contributed by atoms with Crippen LogP contribution in [0, 0.1) is 0 Å². The highest BCUT2D eigenvalue weighted by Crippen LogP contribution is 2.38. The molecule has 1 N–H and O–H groups in total. The molecule has 4 rings (SSSR count). The fourth-order valence-corrected chi connectivity index (χ4v) is 2.73. The van der Waals surface area contributed by atoms with Crippen LogP contribution in [0.1, 0.15) is 46.6 Å². The van der Waals surface area contributed by atoms with Crippen molar-refractivity contribution in [2.24, 2.45) is 0 Å². The third kappa shape index (κ3) is 3.26. The molecule has 1 aliphatic rings. The summed E-state index contributed by atoms with van der Waals surface area (Å²) < 4.78 is 11.1. The first-order valence-corrected chi connectivity index (χ1v) is 8.45. The van der Waals surface area contributed by atoms with Crippen LogP contribution in [0.3, 0.4) is 0 Å². The zero-order chi connectivity index (χ0) is 16.5. The molecule has 0 spiro atoms. The Balaban J connectivity index is 1.52. The van der Waals surface area contributed by atoms with E-state index in [1.54, 1.807) is 12.1 Å². The molecule has 0 atom stereocenters. The Hall–Kier alpha value is -2.41. The fraction of sp³-hybridized carbons (Fsp3) is 0.235. The minimum Gasteiger partial charge on any atom is -0.444 e. The van der Waals surface area contributed by atoms with E-state index in [1.807, 2.05) is 24.3 Å². The van der Waals surface area contributed by atoms with E-state index in [0.717, 1.165) is 24.2 Å². The summed E-state index contributed by atoms with van der Waals surface area (Å²) in [5.41, 5.74) is 1.60. The van der Waals surface area contributed by atoms with Crippen LogP contribution in [0.4, 0.5) is 5.69 Å². The Morgan fingerprint density at radius 3 is 2.83 bits per heavy atom. The summed E-state index contributed by atoms with van der Waals surface area (Å²) >= 11 is 3.19. The van der Waals surface area contributed by atoms with E-state index in [-0.39, 0.29) is 11.7 Å². The highest BCUT2D eigenvalue weighted by atomic mass is 79.9. The first-order valence-electron chi connectivity index (χ1n) is 7.66. The normalized spacial score (nSPS) is 13.9. The second-order valence-corrected chi connectivity index (χ2v) is 6.49. The molecule has 1 aliphatic carbocycles. The monoisotopic (exact) mass is 387 g/mol. The largest absolute Gasteiger partial charge is 0.444 e. The first-order chi connectivity index (χ1) is 11.7. The minimum atomic E-state index is -0.308. The van der Waals surface area contributed by atoms with E-state index in [1.165, 1.54) is 0 Å². The van der Waals surface area contributed by atoms with E-state index in [9.17, 15) is 4.79 Å². The molecule has 3 aromatic rings. The summed E-state index contributed by atoms with van der Waals surface area (Å²) in [5.74, 6) is 1.73. The van der Waals surface area contributed by atoms with Crippen LogP contribution in [0.25, 0.3) is 0 Å². The molecule has 0 saturated heterocycles. The number of aromatic nitrogens is 2. The fourth-order valence-electron chi connectivity index (χ4n) is 2.43. The average Bonchev–Trinajstić information content (AvgIpc) is 3.17. The number of carbonyl (C=O) groups is 1. The molecule has 122 valence electrons. The number of carbonyl (C=O) groups excluding carboxylic acids is 1. The molecule has 0 radical (unpaired) electrons. The van der Waals surface area contributed by atoms with Gasteiger partial charge in [-0.3, -0.25) is 4.79 Å². The molecule has 1 saturated carbocycles. The van der Waals surface area contributed by atoms with Crippen LogP contribution in [0.15, 0.2) is 50.0 Å². The Labute approximate surface area is 146 Å². The molecule has 6 nitrogen and oxygen atoms in total. The van der Waals surface area contributed by atoms with Gasteiger partial charge in [0.05, 0.1) is 6.42 Å². The van der Waals surface area contributed by atoms with Crippen molar-refractivity contribution in [3.63, 3.8) is 0 Å². The average molecular weight is 388 g/mol. The Morgan fingerprint density at radius 1 is 1.25 bits per heavy atom. The molecule has 1 aromatic carbocycles. The molecule has 0 bridgehead atoms. The van der Waals surface area contributed by atoms with Gasteiger partial charge in [-0.25, -0.2) is 0 Å². The zero-order valence-electron chi connectivity index (χ0n) is 12.7. The number of para-hydroxylation sites is 1. The number of nitrogens with one attached hydrogen (secondary N) is 1. The molecular formula is C17H14BrN3O3. The number of amides is 1. The van der Waals surface area contributed by atoms with E-state index >= 15 is 0 Å². The number of nitrogens with zero attached hydrogens (tertiary/aromatic N) is 2. The van der Waals surface area contributed by atoms with Gasteiger partial charge >= 0.3 is 0 Å². The summed E-state index contributed by atoms with van der Waals surface area (Å²) in [7, 11) is 0. The van der Waals surface area contributed by atoms with Gasteiger partial charge in [-0.05, 0) is 52.5 Å². The molecule has 1 amide bonds. The summed E-state index contributed by atoms with van der Waals surface area (Å²) in [6.07, 6.45) is 2.73. The van der Waals surface area contributed by atoms with E-state index in [0.29, 0.717) is 28.6 Å². The van der Waals surface area contributed by atoms with Crippen LogP contribution in [0.2, 0.25) is 0 Å². The van der Waals surface area contributed by atoms with Crippen LogP contribution >= 0.6 is 15.9 Å². The van der Waals surface area contributed by atoms with Crippen molar-refractivity contribution in [2.75, 3.05) is 5.32 Å². The smallest absolute Gasteiger partial charge is 0.291 e. The summed E-state index contributed by atoms with van der Waals surface area (Å²) in [6, 6.07) is 10.8. The number of benzene rings is 1. The van der Waals surface area contributed by atoms with Gasteiger partial charge in [0.25, 0.3) is 5.91 Å². The maximum Gasteiger partial charge on any atom is 0.291 e. The topological polar surface area (TPSA) is 81.2 Å². The van der Waals surface area contributed by atoms with Crippen molar-refractivity contribution in [1.82, 2.24) is 10.1 Å². The number of rotatable bonds is 5. The van der Waals surface area contributed by atoms with Gasteiger partial charge in [0.2, 0.25) is 5.89 Å². The first kappa shape index (κ1) is 15.1. The quantitative estimate of drug-likeness (QED) is 0.710. The molecular weight excluding hydrogens is 374 g/mol. The predicted octanol–water partition coefficient (Wildman–Crippen LogP) is 4.15. The van der Waals surface area contributed by atoms with Crippen molar-refractivity contribution < 1.29 is 13.7 Å². The predicted molar refractivity (Wildman–Crippen MR) is 89.9 cm³/mol. The zero-order valence-corrected chi connectivity index (χ0v) is 14.2. The lowest BCUT2D eigenvalue weighted by atomic mass is 10.1. The van der Waals surface area contributed by atoms with Crippen molar-refractivity contribution in [3.8, 4) is 0 Å². The Kier molecular flexibility index (Phi) is 3.93. The second kappa shape index (κ2) is 6.24. The number of hydrogen-bond acceptors (Lipinski definition) is 5. The maximum atomic E-state index is 12.3. The lowest BCUT2D eigenvalue weighted by Gasteiger charge is -2.08. The van der Waals surface area contributed by atoms with Gasteiger partial charge in [-0.15, -0.1) is 0 Å². The summed E-state index contributed by atoms with van der Waals surface area (Å²) in [4.78, 5) is 16.7. The number of halogens is 1. The molecule has 0 aliphatic heterocycles. The number of anilines is 1. The third-order valence-corrected chi connectivity index (χ3v) is 4.26. The van der Waals surface area contributed by atoms with E-state index in [4.69, 9.17) is 8.94 Å². The number of hydrogen-bond donors (Lipinski definition) is 1. The lowest BCUT2D eigenvalue weighted by molar-refractivity contribution is 0.0995. The summed E-state index contributed by atoms with van der Waals surface area (Å²) in [5, 5.41) is 6.88. The van der Waals surface area contributed by atoms with Crippen LogP contribution in [-0.4, -0.2) is 16.0 Å². The van der Waals surface area contributed by atoms with Crippen molar-refractivity contribution in [1.29, 1.82) is 0 Å². The molecule has 7 heteroatoms. The van der Waals surface area contributed by atoms with Gasteiger partial charge in [-0.2, -0.15) is 4.98 Å². The minimum absolute atomic E-state index is 0.241. The van der Waals surface area contributed by atoms with Crippen molar-refractivity contribution >= 4 is 27.5 Å². The summed E-state index contributed by atoms with van der Waals surface area (Å²) in [6.45, 7) is 0. The van der Waals surface area contributed by atoms with Crippen LogP contribution in [0.5, 0.6) is 0 Å². The van der Waals surface area contributed by atoms with E-state index in [2.05, 4.69) is 31.4 Å². The molecule has 2 aromatic heterocycles. The second-order valence-electron chi connectivity index (χ2n) is 5.71.